The Labute approximate surface area is 125 Å². The molecule has 2 aromatic rings. The summed E-state index contributed by atoms with van der Waals surface area (Å²) in [5, 5.41) is 0.724. The zero-order valence-corrected chi connectivity index (χ0v) is 13.4. The highest BCUT2D eigenvalue weighted by Gasteiger charge is 2.25. The Kier molecular flexibility index (Phi) is 3.76. The van der Waals surface area contributed by atoms with Crippen molar-refractivity contribution in [3.8, 4) is 0 Å². The van der Waals surface area contributed by atoms with E-state index in [-0.39, 0.29) is 5.54 Å². The standard InChI is InChI=1S/C16H23N3S/c1-16(2,3)19-14(11-12-7-4-5-10-20-12)18-13-8-6-9-17-15(13)19/h6,8-9,12H,4-5,7,10-11H2,1-3H3. The SMILES string of the molecule is CC(C)(C)n1c(CC2CCCCS2)nc2cccnc21. The zero-order chi connectivity index (χ0) is 14.2. The number of hydrogen-bond acceptors (Lipinski definition) is 3. The van der Waals surface area contributed by atoms with Crippen molar-refractivity contribution in [3.05, 3.63) is 24.2 Å². The molecule has 0 aromatic carbocycles. The van der Waals surface area contributed by atoms with Gasteiger partial charge in [-0.3, -0.25) is 0 Å². The molecule has 0 bridgehead atoms. The highest BCUT2D eigenvalue weighted by molar-refractivity contribution is 7.99. The molecule has 108 valence electrons. The lowest BCUT2D eigenvalue weighted by atomic mass is 10.1. The highest BCUT2D eigenvalue weighted by Crippen LogP contribution is 2.30. The maximum atomic E-state index is 4.86. The quantitative estimate of drug-likeness (QED) is 0.836. The van der Waals surface area contributed by atoms with Crippen LogP contribution in [0.25, 0.3) is 11.2 Å². The molecule has 4 heteroatoms. The summed E-state index contributed by atoms with van der Waals surface area (Å²) >= 11 is 2.11. The van der Waals surface area contributed by atoms with Gasteiger partial charge in [0.05, 0.1) is 0 Å². The second kappa shape index (κ2) is 5.40. The third-order valence-electron chi connectivity index (χ3n) is 3.84. The summed E-state index contributed by atoms with van der Waals surface area (Å²) in [5.74, 6) is 2.50. The Morgan fingerprint density at radius 2 is 2.20 bits per heavy atom. The smallest absolute Gasteiger partial charge is 0.160 e. The van der Waals surface area contributed by atoms with Crippen LogP contribution in [0.2, 0.25) is 0 Å². The van der Waals surface area contributed by atoms with E-state index in [2.05, 4.69) is 48.2 Å². The first-order chi connectivity index (χ1) is 9.55. The molecule has 0 N–H and O–H groups in total. The van der Waals surface area contributed by atoms with Gasteiger partial charge in [0, 0.05) is 23.4 Å². The lowest BCUT2D eigenvalue weighted by Gasteiger charge is -2.26. The van der Waals surface area contributed by atoms with Gasteiger partial charge >= 0.3 is 0 Å². The van der Waals surface area contributed by atoms with E-state index in [1.807, 2.05) is 12.3 Å². The predicted octanol–water partition coefficient (Wildman–Crippen LogP) is 4.01. The van der Waals surface area contributed by atoms with Crippen LogP contribution in [-0.4, -0.2) is 25.5 Å². The number of aromatic nitrogens is 3. The molecule has 1 aliphatic rings. The zero-order valence-electron chi connectivity index (χ0n) is 12.6. The molecule has 1 aliphatic heterocycles. The minimum absolute atomic E-state index is 0.0256. The lowest BCUT2D eigenvalue weighted by molar-refractivity contribution is 0.390. The maximum absolute atomic E-state index is 4.86. The molecule has 2 aromatic heterocycles. The summed E-state index contributed by atoms with van der Waals surface area (Å²) in [6.07, 6.45) is 7.00. The third-order valence-corrected chi connectivity index (χ3v) is 5.24. The average Bonchev–Trinajstić information content (AvgIpc) is 2.77. The normalized spacial score (nSPS) is 20.4. The highest BCUT2D eigenvalue weighted by atomic mass is 32.2. The number of nitrogens with zero attached hydrogens (tertiary/aromatic N) is 3. The molecule has 0 aliphatic carbocycles. The number of hydrogen-bond donors (Lipinski definition) is 0. The Balaban J connectivity index is 2.00. The van der Waals surface area contributed by atoms with Gasteiger partial charge in [-0.15, -0.1) is 0 Å². The van der Waals surface area contributed by atoms with E-state index >= 15 is 0 Å². The van der Waals surface area contributed by atoms with E-state index in [0.29, 0.717) is 0 Å². The van der Waals surface area contributed by atoms with Crippen molar-refractivity contribution in [2.45, 2.75) is 57.2 Å². The van der Waals surface area contributed by atoms with E-state index < -0.39 is 0 Å². The second-order valence-electron chi connectivity index (χ2n) is 6.57. The first-order valence-corrected chi connectivity index (χ1v) is 8.55. The molecule has 0 amide bonds. The molecule has 1 atom stereocenters. The number of pyridine rings is 1. The molecule has 20 heavy (non-hydrogen) atoms. The predicted molar refractivity (Wildman–Crippen MR) is 86.3 cm³/mol. The molecular weight excluding hydrogens is 266 g/mol. The van der Waals surface area contributed by atoms with Crippen molar-refractivity contribution in [3.63, 3.8) is 0 Å². The Bertz CT molecular complexity index is 591. The third kappa shape index (κ3) is 2.71. The molecule has 0 radical (unpaired) electrons. The van der Waals surface area contributed by atoms with Gasteiger partial charge in [-0.1, -0.05) is 6.42 Å². The fourth-order valence-corrected chi connectivity index (χ4v) is 4.28. The Hall–Kier alpha value is -1.03. The fourth-order valence-electron chi connectivity index (χ4n) is 2.97. The van der Waals surface area contributed by atoms with Gasteiger partial charge in [0.15, 0.2) is 5.65 Å². The molecule has 3 heterocycles. The number of imidazole rings is 1. The minimum atomic E-state index is 0.0256. The molecule has 3 rings (SSSR count). The largest absolute Gasteiger partial charge is 0.307 e. The van der Waals surface area contributed by atoms with Crippen LogP contribution in [0.3, 0.4) is 0 Å². The van der Waals surface area contributed by atoms with Crippen LogP contribution in [0, 0.1) is 0 Å². The summed E-state index contributed by atoms with van der Waals surface area (Å²) in [6, 6.07) is 4.05. The van der Waals surface area contributed by atoms with Crippen LogP contribution < -0.4 is 0 Å². The van der Waals surface area contributed by atoms with Crippen LogP contribution in [0.5, 0.6) is 0 Å². The topological polar surface area (TPSA) is 30.7 Å². The Morgan fingerprint density at radius 3 is 2.90 bits per heavy atom. The van der Waals surface area contributed by atoms with Crippen LogP contribution in [0.1, 0.15) is 45.9 Å². The first-order valence-electron chi connectivity index (χ1n) is 7.50. The second-order valence-corrected chi connectivity index (χ2v) is 7.98. The molecule has 1 unspecified atom stereocenters. The molecule has 1 fully saturated rings. The van der Waals surface area contributed by atoms with Crippen molar-refractivity contribution in [2.24, 2.45) is 0 Å². The van der Waals surface area contributed by atoms with E-state index in [1.165, 1.54) is 30.8 Å². The van der Waals surface area contributed by atoms with Gasteiger partial charge in [0.2, 0.25) is 0 Å². The number of fused-ring (bicyclic) bond motifs is 1. The maximum Gasteiger partial charge on any atom is 0.160 e. The van der Waals surface area contributed by atoms with Crippen LogP contribution >= 0.6 is 11.8 Å². The van der Waals surface area contributed by atoms with Gasteiger partial charge in [-0.05, 0) is 51.5 Å². The summed E-state index contributed by atoms with van der Waals surface area (Å²) in [4.78, 5) is 9.42. The number of rotatable bonds is 2. The van der Waals surface area contributed by atoms with Crippen molar-refractivity contribution in [2.75, 3.05) is 5.75 Å². The van der Waals surface area contributed by atoms with E-state index in [0.717, 1.165) is 22.8 Å². The first kappa shape index (κ1) is 13.9. The van der Waals surface area contributed by atoms with E-state index in [9.17, 15) is 0 Å². The van der Waals surface area contributed by atoms with Crippen LogP contribution in [-0.2, 0) is 12.0 Å². The average molecular weight is 289 g/mol. The van der Waals surface area contributed by atoms with Crippen molar-refractivity contribution in [1.29, 1.82) is 0 Å². The molecule has 1 saturated heterocycles. The van der Waals surface area contributed by atoms with Crippen molar-refractivity contribution < 1.29 is 0 Å². The van der Waals surface area contributed by atoms with E-state index in [1.54, 1.807) is 0 Å². The summed E-state index contributed by atoms with van der Waals surface area (Å²) in [7, 11) is 0. The minimum Gasteiger partial charge on any atom is -0.307 e. The summed E-state index contributed by atoms with van der Waals surface area (Å²) < 4.78 is 2.33. The van der Waals surface area contributed by atoms with Gasteiger partial charge in [0.1, 0.15) is 11.3 Å². The fraction of sp³-hybridized carbons (Fsp3) is 0.625. The van der Waals surface area contributed by atoms with Gasteiger partial charge in [-0.25, -0.2) is 9.97 Å². The summed E-state index contributed by atoms with van der Waals surface area (Å²) in [6.45, 7) is 6.71. The van der Waals surface area contributed by atoms with Gasteiger partial charge in [0.25, 0.3) is 0 Å². The van der Waals surface area contributed by atoms with Gasteiger partial charge in [-0.2, -0.15) is 11.8 Å². The van der Waals surface area contributed by atoms with Crippen molar-refractivity contribution in [1.82, 2.24) is 14.5 Å². The van der Waals surface area contributed by atoms with E-state index in [4.69, 9.17) is 4.98 Å². The van der Waals surface area contributed by atoms with Crippen LogP contribution in [0.15, 0.2) is 18.3 Å². The molecule has 0 spiro atoms. The summed E-state index contributed by atoms with van der Waals surface area (Å²) in [5.41, 5.74) is 2.08. The van der Waals surface area contributed by atoms with Gasteiger partial charge < -0.3 is 4.57 Å². The van der Waals surface area contributed by atoms with Crippen LogP contribution in [0.4, 0.5) is 0 Å². The monoisotopic (exact) mass is 289 g/mol. The Morgan fingerprint density at radius 1 is 1.35 bits per heavy atom. The molecule has 0 saturated carbocycles. The lowest BCUT2D eigenvalue weighted by Crippen LogP contribution is -2.26. The molecule has 3 nitrogen and oxygen atoms in total. The number of thioether (sulfide) groups is 1. The van der Waals surface area contributed by atoms with Crippen molar-refractivity contribution >= 4 is 22.9 Å². The molecular formula is C16H23N3S.